The Morgan fingerprint density at radius 3 is 2.41 bits per heavy atom. The van der Waals surface area contributed by atoms with E-state index in [2.05, 4.69) is 5.16 Å². The highest BCUT2D eigenvalue weighted by atomic mass is 35.5. The topological polar surface area (TPSA) is 47.9 Å². The molecule has 0 heterocycles. The molecule has 0 saturated heterocycles. The molecule has 94 valence electrons. The van der Waals surface area contributed by atoms with E-state index in [4.69, 9.17) is 9.57 Å². The van der Waals surface area contributed by atoms with Crippen LogP contribution in [0.25, 0.3) is 0 Å². The van der Waals surface area contributed by atoms with Gasteiger partial charge in [0.25, 0.3) is 0 Å². The van der Waals surface area contributed by atoms with Crippen LogP contribution in [0.5, 0.6) is 0 Å². The molecular formula is C12H16ClNO3. The van der Waals surface area contributed by atoms with Gasteiger partial charge in [0.15, 0.2) is 0 Å². The van der Waals surface area contributed by atoms with E-state index in [0.717, 1.165) is 5.56 Å². The zero-order chi connectivity index (χ0) is 11.8. The van der Waals surface area contributed by atoms with E-state index in [0.29, 0.717) is 18.8 Å². The van der Waals surface area contributed by atoms with Crippen molar-refractivity contribution >= 4 is 24.6 Å². The minimum Gasteiger partial charge on any atom is -0.462 e. The molecule has 0 aliphatic heterocycles. The van der Waals surface area contributed by atoms with Gasteiger partial charge in [0.2, 0.25) is 0 Å². The van der Waals surface area contributed by atoms with Crippen molar-refractivity contribution in [2.45, 2.75) is 13.8 Å². The van der Waals surface area contributed by atoms with Gasteiger partial charge in [0.05, 0.1) is 18.4 Å². The van der Waals surface area contributed by atoms with Crippen molar-refractivity contribution < 1.29 is 14.4 Å². The third-order valence-electron chi connectivity index (χ3n) is 1.83. The lowest BCUT2D eigenvalue weighted by Crippen LogP contribution is -2.04. The second-order valence-electron chi connectivity index (χ2n) is 2.99. The summed E-state index contributed by atoms with van der Waals surface area (Å²) in [5, 5.41) is 3.73. The van der Waals surface area contributed by atoms with Crippen LogP contribution in [0.1, 0.15) is 29.8 Å². The number of halogens is 1. The molecule has 0 bridgehead atoms. The van der Waals surface area contributed by atoms with Crippen LogP contribution in [0.4, 0.5) is 0 Å². The predicted molar refractivity (Wildman–Crippen MR) is 68.9 cm³/mol. The Bertz CT molecular complexity index is 363. The highest BCUT2D eigenvalue weighted by Gasteiger charge is 2.04. The minimum atomic E-state index is -0.309. The molecule has 0 N–H and O–H groups in total. The first kappa shape index (κ1) is 15.4. The van der Waals surface area contributed by atoms with Gasteiger partial charge in [0.1, 0.15) is 6.61 Å². The maximum Gasteiger partial charge on any atom is 0.338 e. The quantitative estimate of drug-likeness (QED) is 0.463. The van der Waals surface area contributed by atoms with Gasteiger partial charge >= 0.3 is 5.97 Å². The molecule has 0 aromatic heterocycles. The van der Waals surface area contributed by atoms with E-state index in [1.54, 1.807) is 37.4 Å². The van der Waals surface area contributed by atoms with Crippen molar-refractivity contribution in [2.75, 3.05) is 13.2 Å². The lowest BCUT2D eigenvalue weighted by molar-refractivity contribution is 0.0526. The molecule has 5 heteroatoms. The second kappa shape index (κ2) is 8.58. The largest absolute Gasteiger partial charge is 0.462 e. The Morgan fingerprint density at radius 2 is 1.88 bits per heavy atom. The minimum absolute atomic E-state index is 0. The number of nitrogens with zero attached hydrogens (tertiary/aromatic N) is 1. The number of benzene rings is 1. The average molecular weight is 258 g/mol. The molecule has 4 nitrogen and oxygen atoms in total. The summed E-state index contributed by atoms with van der Waals surface area (Å²) in [6, 6.07) is 6.97. The monoisotopic (exact) mass is 257 g/mol. The second-order valence-corrected chi connectivity index (χ2v) is 2.99. The first-order chi connectivity index (χ1) is 7.77. The highest BCUT2D eigenvalue weighted by Crippen LogP contribution is 2.04. The molecule has 0 aliphatic rings. The molecular weight excluding hydrogens is 242 g/mol. The van der Waals surface area contributed by atoms with Crippen LogP contribution < -0.4 is 0 Å². The maximum atomic E-state index is 11.3. The normalized spacial score (nSPS) is 9.76. The summed E-state index contributed by atoms with van der Waals surface area (Å²) in [5.74, 6) is -0.309. The van der Waals surface area contributed by atoms with E-state index in [1.165, 1.54) is 0 Å². The summed E-state index contributed by atoms with van der Waals surface area (Å²) in [4.78, 5) is 16.2. The third kappa shape index (κ3) is 5.36. The van der Waals surface area contributed by atoms with Gasteiger partial charge in [-0.15, -0.1) is 12.4 Å². The molecule has 0 radical (unpaired) electrons. The Balaban J connectivity index is 0.00000256. The van der Waals surface area contributed by atoms with E-state index in [-0.39, 0.29) is 18.4 Å². The Morgan fingerprint density at radius 1 is 1.24 bits per heavy atom. The summed E-state index contributed by atoms with van der Waals surface area (Å²) >= 11 is 0. The van der Waals surface area contributed by atoms with Crippen LogP contribution in [0.3, 0.4) is 0 Å². The summed E-state index contributed by atoms with van der Waals surface area (Å²) in [6.45, 7) is 4.56. The number of oxime groups is 1. The predicted octanol–water partition coefficient (Wildman–Crippen LogP) is 2.66. The average Bonchev–Trinajstić information content (AvgIpc) is 2.30. The molecule has 17 heavy (non-hydrogen) atoms. The van der Waals surface area contributed by atoms with Crippen molar-refractivity contribution in [3.05, 3.63) is 35.4 Å². The fourth-order valence-corrected chi connectivity index (χ4v) is 1.09. The summed E-state index contributed by atoms with van der Waals surface area (Å²) < 4.78 is 4.87. The summed E-state index contributed by atoms with van der Waals surface area (Å²) in [5.41, 5.74) is 1.41. The van der Waals surface area contributed by atoms with Crippen molar-refractivity contribution in [3.8, 4) is 0 Å². The van der Waals surface area contributed by atoms with Crippen LogP contribution >= 0.6 is 12.4 Å². The summed E-state index contributed by atoms with van der Waals surface area (Å²) in [7, 11) is 0. The highest BCUT2D eigenvalue weighted by molar-refractivity contribution is 5.90. The van der Waals surface area contributed by atoms with Gasteiger partial charge in [-0.2, -0.15) is 0 Å². The van der Waals surface area contributed by atoms with Crippen molar-refractivity contribution in [1.29, 1.82) is 0 Å². The first-order valence-corrected chi connectivity index (χ1v) is 5.20. The smallest absolute Gasteiger partial charge is 0.338 e. The van der Waals surface area contributed by atoms with Gasteiger partial charge in [-0.1, -0.05) is 17.3 Å². The lowest BCUT2D eigenvalue weighted by Gasteiger charge is -2.01. The Hall–Kier alpha value is -1.55. The Kier molecular flexibility index (Phi) is 7.80. The number of carbonyl (C=O) groups is 1. The van der Waals surface area contributed by atoms with Crippen molar-refractivity contribution in [1.82, 2.24) is 0 Å². The standard InChI is InChI=1S/C12H15NO3.ClH/c1-3-15-12(14)11-7-5-10(6-8-11)9-13-16-4-2;/h5-9H,3-4H2,1-2H3;1H. The SMILES string of the molecule is CCON=Cc1ccc(C(=O)OCC)cc1.Cl. The molecule has 1 aromatic carbocycles. The van der Waals surface area contributed by atoms with Gasteiger partial charge in [-0.05, 0) is 31.5 Å². The van der Waals surface area contributed by atoms with Crippen LogP contribution in [0.15, 0.2) is 29.4 Å². The van der Waals surface area contributed by atoms with E-state index < -0.39 is 0 Å². The molecule has 0 aliphatic carbocycles. The van der Waals surface area contributed by atoms with Gasteiger partial charge < -0.3 is 9.57 Å². The zero-order valence-electron chi connectivity index (χ0n) is 9.88. The maximum absolute atomic E-state index is 11.3. The molecule has 1 rings (SSSR count). The molecule has 0 saturated carbocycles. The number of hydrogen-bond acceptors (Lipinski definition) is 4. The number of carbonyl (C=O) groups excluding carboxylic acids is 1. The van der Waals surface area contributed by atoms with Crippen LogP contribution in [-0.2, 0) is 9.57 Å². The number of rotatable bonds is 5. The fourth-order valence-electron chi connectivity index (χ4n) is 1.09. The Labute approximate surface area is 107 Å². The zero-order valence-corrected chi connectivity index (χ0v) is 10.7. The number of ether oxygens (including phenoxy) is 1. The molecule has 0 unspecified atom stereocenters. The fraction of sp³-hybridized carbons (Fsp3) is 0.333. The lowest BCUT2D eigenvalue weighted by atomic mass is 10.1. The van der Waals surface area contributed by atoms with Gasteiger partial charge in [-0.25, -0.2) is 4.79 Å². The van der Waals surface area contributed by atoms with Gasteiger partial charge in [-0.3, -0.25) is 0 Å². The molecule has 0 atom stereocenters. The molecule has 0 amide bonds. The number of hydrogen-bond donors (Lipinski definition) is 0. The van der Waals surface area contributed by atoms with E-state index >= 15 is 0 Å². The molecule has 0 fully saturated rings. The van der Waals surface area contributed by atoms with Crippen LogP contribution in [0.2, 0.25) is 0 Å². The van der Waals surface area contributed by atoms with Gasteiger partial charge in [0, 0.05) is 0 Å². The molecule has 0 spiro atoms. The third-order valence-corrected chi connectivity index (χ3v) is 1.83. The van der Waals surface area contributed by atoms with Crippen LogP contribution in [-0.4, -0.2) is 25.4 Å². The van der Waals surface area contributed by atoms with Crippen molar-refractivity contribution in [3.63, 3.8) is 0 Å². The summed E-state index contributed by atoms with van der Waals surface area (Å²) in [6.07, 6.45) is 1.60. The number of esters is 1. The first-order valence-electron chi connectivity index (χ1n) is 5.20. The van der Waals surface area contributed by atoms with Crippen molar-refractivity contribution in [2.24, 2.45) is 5.16 Å². The van der Waals surface area contributed by atoms with Crippen LogP contribution in [0, 0.1) is 0 Å². The van der Waals surface area contributed by atoms with E-state index in [1.807, 2.05) is 6.92 Å². The molecule has 1 aromatic rings. The van der Waals surface area contributed by atoms with E-state index in [9.17, 15) is 4.79 Å².